The first kappa shape index (κ1) is 16.3. The normalized spacial score (nSPS) is 17.5. The fraction of sp³-hybridized carbons (Fsp3) is 0.333. The second kappa shape index (κ2) is 6.88. The maximum absolute atomic E-state index is 12.7. The monoisotopic (exact) mass is 328 g/mol. The van der Waals surface area contributed by atoms with E-state index in [-0.39, 0.29) is 11.9 Å². The number of hydrogen-bond donors (Lipinski definition) is 0. The molecule has 1 aromatic heterocycles. The fourth-order valence-electron chi connectivity index (χ4n) is 3.03. The Morgan fingerprint density at radius 3 is 2.79 bits per heavy atom. The highest BCUT2D eigenvalue weighted by atomic mass is 16.5. The number of hydrogen-bond acceptors (Lipinski definition) is 5. The highest BCUT2D eigenvalue weighted by molar-refractivity contribution is 5.99. The topological polar surface area (TPSA) is 63.0 Å². The van der Waals surface area contributed by atoms with Crippen molar-refractivity contribution in [1.29, 1.82) is 0 Å². The third-order valence-electron chi connectivity index (χ3n) is 4.32. The van der Waals surface area contributed by atoms with Gasteiger partial charge in [0.05, 0.1) is 26.0 Å². The van der Waals surface area contributed by atoms with Gasteiger partial charge in [0.15, 0.2) is 0 Å². The molecule has 0 saturated carbocycles. The Kier molecular flexibility index (Phi) is 4.66. The zero-order valence-electron chi connectivity index (χ0n) is 13.8. The van der Waals surface area contributed by atoms with Gasteiger partial charge >= 0.3 is 5.97 Å². The Balaban J connectivity index is 1.71. The van der Waals surface area contributed by atoms with Gasteiger partial charge in [-0.25, -0.2) is 4.79 Å². The van der Waals surface area contributed by atoms with Crippen molar-refractivity contribution < 1.29 is 18.7 Å². The zero-order chi connectivity index (χ0) is 17.1. The van der Waals surface area contributed by atoms with Crippen LogP contribution in [0.1, 0.15) is 22.5 Å². The van der Waals surface area contributed by atoms with Gasteiger partial charge in [0.2, 0.25) is 5.91 Å². The van der Waals surface area contributed by atoms with Crippen LogP contribution in [0.25, 0.3) is 0 Å². The van der Waals surface area contributed by atoms with Gasteiger partial charge in [0, 0.05) is 12.2 Å². The minimum absolute atomic E-state index is 0.0647. The molecule has 1 fully saturated rings. The van der Waals surface area contributed by atoms with E-state index in [1.807, 2.05) is 42.3 Å². The lowest BCUT2D eigenvalue weighted by atomic mass is 10.2. The molecule has 0 aliphatic carbocycles. The first-order chi connectivity index (χ1) is 11.6. The summed E-state index contributed by atoms with van der Waals surface area (Å²) in [6, 6.07) is 11.0. The third-order valence-corrected chi connectivity index (χ3v) is 4.32. The van der Waals surface area contributed by atoms with Gasteiger partial charge in [-0.2, -0.15) is 0 Å². The molecular formula is C18H20N2O4. The van der Waals surface area contributed by atoms with Gasteiger partial charge in [-0.3, -0.25) is 9.69 Å². The van der Waals surface area contributed by atoms with Crippen LogP contribution in [0.15, 0.2) is 47.1 Å². The average Bonchev–Trinajstić information content (AvgIpc) is 3.21. The maximum Gasteiger partial charge on any atom is 0.341 e. The molecule has 24 heavy (non-hydrogen) atoms. The van der Waals surface area contributed by atoms with Crippen molar-refractivity contribution in [3.05, 3.63) is 54.0 Å². The lowest BCUT2D eigenvalue weighted by Crippen LogP contribution is -2.39. The van der Waals surface area contributed by atoms with E-state index in [1.165, 1.54) is 13.4 Å². The number of furan rings is 1. The summed E-state index contributed by atoms with van der Waals surface area (Å²) in [4.78, 5) is 28.1. The highest BCUT2D eigenvalue weighted by Gasteiger charge is 2.35. The molecule has 2 heterocycles. The Morgan fingerprint density at radius 2 is 2.08 bits per heavy atom. The standard InChI is InChI=1S/C18H20N2O4/c1-19(12-16-14(9-11-24-16)18(22)23-2)15-8-10-20(17(15)21)13-6-4-3-5-7-13/h3-7,9,11,15H,8,10,12H2,1-2H3/t15-/m1/s1. The van der Waals surface area contributed by atoms with E-state index in [2.05, 4.69) is 0 Å². The van der Waals surface area contributed by atoms with Gasteiger partial charge in [-0.05, 0) is 31.7 Å². The van der Waals surface area contributed by atoms with Crippen molar-refractivity contribution in [1.82, 2.24) is 4.90 Å². The molecule has 126 valence electrons. The van der Waals surface area contributed by atoms with Crippen LogP contribution in [0.5, 0.6) is 0 Å². The van der Waals surface area contributed by atoms with Crippen LogP contribution in [0.3, 0.4) is 0 Å². The average molecular weight is 328 g/mol. The predicted octanol–water partition coefficient (Wildman–Crippen LogP) is 2.30. The molecule has 1 atom stereocenters. The van der Waals surface area contributed by atoms with Crippen molar-refractivity contribution in [2.45, 2.75) is 19.0 Å². The third kappa shape index (κ3) is 3.05. The summed E-state index contributed by atoms with van der Waals surface area (Å²) < 4.78 is 10.1. The molecule has 1 aliphatic heterocycles. The van der Waals surface area contributed by atoms with Crippen LogP contribution in [-0.4, -0.2) is 43.5 Å². The number of esters is 1. The lowest BCUT2D eigenvalue weighted by molar-refractivity contribution is -0.121. The van der Waals surface area contributed by atoms with Crippen molar-refractivity contribution >= 4 is 17.6 Å². The molecule has 1 aromatic carbocycles. The van der Waals surface area contributed by atoms with E-state index in [9.17, 15) is 9.59 Å². The van der Waals surface area contributed by atoms with E-state index in [0.29, 0.717) is 24.4 Å². The predicted molar refractivity (Wildman–Crippen MR) is 88.7 cm³/mol. The molecule has 6 heteroatoms. The van der Waals surface area contributed by atoms with Crippen molar-refractivity contribution in [3.8, 4) is 0 Å². The van der Waals surface area contributed by atoms with E-state index in [1.54, 1.807) is 11.0 Å². The molecule has 1 amide bonds. The molecule has 0 N–H and O–H groups in total. The lowest BCUT2D eigenvalue weighted by Gasteiger charge is -2.23. The summed E-state index contributed by atoms with van der Waals surface area (Å²) in [6.07, 6.45) is 2.20. The molecule has 2 aromatic rings. The Morgan fingerprint density at radius 1 is 1.33 bits per heavy atom. The first-order valence-corrected chi connectivity index (χ1v) is 7.83. The summed E-state index contributed by atoms with van der Waals surface area (Å²) >= 11 is 0. The largest absolute Gasteiger partial charge is 0.467 e. The molecule has 6 nitrogen and oxygen atoms in total. The number of carbonyl (C=O) groups excluding carboxylic acids is 2. The maximum atomic E-state index is 12.7. The van der Waals surface area contributed by atoms with E-state index >= 15 is 0 Å². The van der Waals surface area contributed by atoms with Gasteiger partial charge in [0.25, 0.3) is 0 Å². The number of carbonyl (C=O) groups is 2. The molecule has 3 rings (SSSR count). The van der Waals surface area contributed by atoms with Crippen molar-refractivity contribution in [3.63, 3.8) is 0 Å². The molecule has 0 bridgehead atoms. The Labute approximate surface area is 140 Å². The van der Waals surface area contributed by atoms with E-state index in [0.717, 1.165) is 12.1 Å². The second-order valence-electron chi connectivity index (χ2n) is 5.79. The van der Waals surface area contributed by atoms with Crippen LogP contribution >= 0.6 is 0 Å². The number of anilines is 1. The van der Waals surface area contributed by atoms with Gasteiger partial charge in [-0.1, -0.05) is 18.2 Å². The SMILES string of the molecule is COC(=O)c1ccoc1CN(C)[C@@H]1CCN(c2ccccc2)C1=O. The molecule has 0 radical (unpaired) electrons. The fourth-order valence-corrected chi connectivity index (χ4v) is 3.03. The molecule has 1 saturated heterocycles. The summed E-state index contributed by atoms with van der Waals surface area (Å²) in [5, 5.41) is 0. The highest BCUT2D eigenvalue weighted by Crippen LogP contribution is 2.25. The summed E-state index contributed by atoms with van der Waals surface area (Å²) in [7, 11) is 3.20. The van der Waals surface area contributed by atoms with Crippen LogP contribution in [0.4, 0.5) is 5.69 Å². The van der Waals surface area contributed by atoms with Crippen LogP contribution < -0.4 is 4.90 Å². The van der Waals surface area contributed by atoms with Gasteiger partial charge < -0.3 is 14.1 Å². The van der Waals surface area contributed by atoms with Gasteiger partial charge in [0.1, 0.15) is 11.3 Å². The first-order valence-electron chi connectivity index (χ1n) is 7.83. The van der Waals surface area contributed by atoms with E-state index in [4.69, 9.17) is 9.15 Å². The number of likely N-dealkylation sites (N-methyl/N-ethyl adjacent to an activating group) is 1. The molecule has 0 unspecified atom stereocenters. The van der Waals surface area contributed by atoms with Crippen molar-refractivity contribution in [2.75, 3.05) is 25.6 Å². The number of ether oxygens (including phenoxy) is 1. The van der Waals surface area contributed by atoms with E-state index < -0.39 is 5.97 Å². The number of benzene rings is 1. The minimum Gasteiger partial charge on any atom is -0.467 e. The van der Waals surface area contributed by atoms with Crippen LogP contribution in [0, 0.1) is 0 Å². The molecule has 1 aliphatic rings. The van der Waals surface area contributed by atoms with Crippen LogP contribution in [-0.2, 0) is 16.1 Å². The van der Waals surface area contributed by atoms with Crippen molar-refractivity contribution in [2.24, 2.45) is 0 Å². The summed E-state index contributed by atoms with van der Waals surface area (Å²) in [5.41, 5.74) is 1.31. The number of amides is 1. The Bertz CT molecular complexity index is 726. The Hall–Kier alpha value is -2.60. The summed E-state index contributed by atoms with van der Waals surface area (Å²) in [6.45, 7) is 1.05. The molecule has 0 spiro atoms. The van der Waals surface area contributed by atoms with Gasteiger partial charge in [-0.15, -0.1) is 0 Å². The number of nitrogens with zero attached hydrogens (tertiary/aromatic N) is 2. The summed E-state index contributed by atoms with van der Waals surface area (Å²) in [5.74, 6) is 0.140. The smallest absolute Gasteiger partial charge is 0.341 e. The molecular weight excluding hydrogens is 308 g/mol. The second-order valence-corrected chi connectivity index (χ2v) is 5.79. The zero-order valence-corrected chi connectivity index (χ0v) is 13.8. The number of methoxy groups -OCH3 is 1. The minimum atomic E-state index is -0.434. The number of rotatable bonds is 5. The number of para-hydroxylation sites is 1. The van der Waals surface area contributed by atoms with Crippen LogP contribution in [0.2, 0.25) is 0 Å². The quantitative estimate of drug-likeness (QED) is 0.788.